The fraction of sp³-hybridized carbons (Fsp3) is 0.364. The zero-order valence-electron chi connectivity index (χ0n) is 17.3. The van der Waals surface area contributed by atoms with Crippen LogP contribution in [0.4, 0.5) is 11.5 Å². The molecule has 0 aliphatic carbocycles. The quantitative estimate of drug-likeness (QED) is 0.481. The standard InChI is InChI=1S/C22H27N7O/c1-15(2)30-18-3-4-20(23)19(12-18)22(24)16-5-8-25-21(11-16)28-9-6-17(7-10-28)29-13-26-27-14-29/h3-5,8,11-15,17,24H,6-7,9-10,23H2,1-2H3. The van der Waals surface area contributed by atoms with Crippen molar-refractivity contribution in [3.8, 4) is 5.75 Å². The van der Waals surface area contributed by atoms with E-state index in [4.69, 9.17) is 15.9 Å². The van der Waals surface area contributed by atoms with Crippen molar-refractivity contribution in [1.82, 2.24) is 19.7 Å². The molecular weight excluding hydrogens is 378 g/mol. The third-order valence-electron chi connectivity index (χ3n) is 5.35. The van der Waals surface area contributed by atoms with Crippen LogP contribution in [-0.2, 0) is 0 Å². The number of piperidine rings is 1. The molecule has 3 heterocycles. The minimum atomic E-state index is 0.0595. The van der Waals surface area contributed by atoms with Crippen molar-refractivity contribution in [2.24, 2.45) is 0 Å². The van der Waals surface area contributed by atoms with Crippen LogP contribution in [0.3, 0.4) is 0 Å². The van der Waals surface area contributed by atoms with E-state index in [2.05, 4.69) is 24.6 Å². The van der Waals surface area contributed by atoms with E-state index in [1.165, 1.54) is 0 Å². The lowest BCUT2D eigenvalue weighted by molar-refractivity contribution is 0.242. The third-order valence-corrected chi connectivity index (χ3v) is 5.35. The zero-order chi connectivity index (χ0) is 21.1. The molecule has 8 heteroatoms. The Labute approximate surface area is 176 Å². The van der Waals surface area contributed by atoms with E-state index >= 15 is 0 Å². The van der Waals surface area contributed by atoms with E-state index in [-0.39, 0.29) is 6.10 Å². The van der Waals surface area contributed by atoms with Crippen LogP contribution >= 0.6 is 0 Å². The number of benzene rings is 1. The fourth-order valence-corrected chi connectivity index (χ4v) is 3.79. The lowest BCUT2D eigenvalue weighted by Crippen LogP contribution is -2.35. The van der Waals surface area contributed by atoms with Gasteiger partial charge in [0.15, 0.2) is 0 Å². The van der Waals surface area contributed by atoms with Crippen molar-refractivity contribution >= 4 is 17.2 Å². The Bertz CT molecular complexity index is 1010. The Hall–Kier alpha value is -3.42. The minimum absolute atomic E-state index is 0.0595. The van der Waals surface area contributed by atoms with Crippen LogP contribution in [0.15, 0.2) is 49.2 Å². The summed E-state index contributed by atoms with van der Waals surface area (Å²) >= 11 is 0. The van der Waals surface area contributed by atoms with Crippen molar-refractivity contribution in [3.63, 3.8) is 0 Å². The number of aromatic nitrogens is 4. The van der Waals surface area contributed by atoms with Crippen molar-refractivity contribution < 1.29 is 4.74 Å². The monoisotopic (exact) mass is 405 g/mol. The maximum Gasteiger partial charge on any atom is 0.129 e. The van der Waals surface area contributed by atoms with Gasteiger partial charge in [0.25, 0.3) is 0 Å². The number of rotatable bonds is 6. The van der Waals surface area contributed by atoms with Gasteiger partial charge >= 0.3 is 0 Å². The topological polar surface area (TPSA) is 106 Å². The summed E-state index contributed by atoms with van der Waals surface area (Å²) in [5.41, 5.74) is 8.54. The van der Waals surface area contributed by atoms with E-state index < -0.39 is 0 Å². The molecule has 1 saturated heterocycles. The van der Waals surface area contributed by atoms with Crippen molar-refractivity contribution in [2.75, 3.05) is 23.7 Å². The third kappa shape index (κ3) is 4.27. The zero-order valence-corrected chi connectivity index (χ0v) is 17.3. The number of anilines is 2. The Morgan fingerprint density at radius 2 is 1.87 bits per heavy atom. The Morgan fingerprint density at radius 1 is 1.13 bits per heavy atom. The highest BCUT2D eigenvalue weighted by atomic mass is 16.5. The normalized spacial score (nSPS) is 14.8. The second-order valence-corrected chi connectivity index (χ2v) is 7.82. The first-order valence-corrected chi connectivity index (χ1v) is 10.2. The van der Waals surface area contributed by atoms with Crippen LogP contribution in [0.2, 0.25) is 0 Å². The molecule has 1 aromatic carbocycles. The van der Waals surface area contributed by atoms with E-state index in [0.717, 1.165) is 37.3 Å². The molecule has 1 aliphatic heterocycles. The maximum absolute atomic E-state index is 8.73. The first-order valence-electron chi connectivity index (χ1n) is 10.2. The molecule has 4 rings (SSSR count). The fourth-order valence-electron chi connectivity index (χ4n) is 3.79. The van der Waals surface area contributed by atoms with Gasteiger partial charge in [0.2, 0.25) is 0 Å². The van der Waals surface area contributed by atoms with Gasteiger partial charge in [-0.05, 0) is 57.0 Å². The largest absolute Gasteiger partial charge is 0.491 e. The van der Waals surface area contributed by atoms with Gasteiger partial charge in [0.05, 0.1) is 11.8 Å². The van der Waals surface area contributed by atoms with Crippen LogP contribution in [0.25, 0.3) is 0 Å². The summed E-state index contributed by atoms with van der Waals surface area (Å²) < 4.78 is 7.85. The summed E-state index contributed by atoms with van der Waals surface area (Å²) in [7, 11) is 0. The Morgan fingerprint density at radius 3 is 2.57 bits per heavy atom. The number of pyridine rings is 1. The van der Waals surface area contributed by atoms with E-state index in [1.807, 2.05) is 38.1 Å². The summed E-state index contributed by atoms with van der Waals surface area (Å²) in [6.07, 6.45) is 7.38. The number of hydrogen-bond donors (Lipinski definition) is 2. The first-order chi connectivity index (χ1) is 14.5. The molecule has 156 valence electrons. The lowest BCUT2D eigenvalue weighted by atomic mass is 10.0. The van der Waals surface area contributed by atoms with Crippen LogP contribution in [0.5, 0.6) is 5.75 Å². The summed E-state index contributed by atoms with van der Waals surface area (Å²) in [6.45, 7) is 5.74. The average molecular weight is 406 g/mol. The molecule has 0 saturated carbocycles. The predicted molar refractivity (Wildman–Crippen MR) is 117 cm³/mol. The Kier molecular flexibility index (Phi) is 5.65. The molecule has 0 unspecified atom stereocenters. The van der Waals surface area contributed by atoms with Gasteiger partial charge < -0.3 is 19.9 Å². The number of nitrogens with one attached hydrogen (secondary N) is 1. The molecule has 1 aliphatic rings. The minimum Gasteiger partial charge on any atom is -0.491 e. The first kappa shape index (κ1) is 19.9. The van der Waals surface area contributed by atoms with Gasteiger partial charge in [-0.25, -0.2) is 4.98 Å². The summed E-state index contributed by atoms with van der Waals surface area (Å²) in [5, 5.41) is 16.5. The van der Waals surface area contributed by atoms with Crippen LogP contribution in [0, 0.1) is 5.41 Å². The van der Waals surface area contributed by atoms with Gasteiger partial charge in [-0.2, -0.15) is 0 Å². The molecule has 2 aromatic heterocycles. The maximum atomic E-state index is 8.73. The summed E-state index contributed by atoms with van der Waals surface area (Å²) in [6, 6.07) is 9.70. The molecule has 0 atom stereocenters. The van der Waals surface area contributed by atoms with Crippen LogP contribution < -0.4 is 15.4 Å². The number of nitrogens with two attached hydrogens (primary N) is 1. The molecule has 8 nitrogen and oxygen atoms in total. The molecule has 3 aromatic rings. The highest BCUT2D eigenvalue weighted by Gasteiger charge is 2.22. The number of nitrogen functional groups attached to an aromatic ring is 1. The highest BCUT2D eigenvalue weighted by Crippen LogP contribution is 2.27. The van der Waals surface area contributed by atoms with Gasteiger partial charge in [0.1, 0.15) is 24.2 Å². The van der Waals surface area contributed by atoms with Crippen LogP contribution in [-0.4, -0.2) is 44.7 Å². The molecule has 0 spiro atoms. The molecular formula is C22H27N7O. The summed E-state index contributed by atoms with van der Waals surface area (Å²) in [5.74, 6) is 1.59. The second-order valence-electron chi connectivity index (χ2n) is 7.82. The van der Waals surface area contributed by atoms with E-state index in [0.29, 0.717) is 28.8 Å². The van der Waals surface area contributed by atoms with Gasteiger partial charge in [-0.15, -0.1) is 10.2 Å². The van der Waals surface area contributed by atoms with E-state index in [9.17, 15) is 0 Å². The van der Waals surface area contributed by atoms with E-state index in [1.54, 1.807) is 24.9 Å². The lowest BCUT2D eigenvalue weighted by Gasteiger charge is -2.33. The molecule has 3 N–H and O–H groups in total. The number of nitrogens with zero attached hydrogens (tertiary/aromatic N) is 5. The molecule has 1 fully saturated rings. The van der Waals surface area contributed by atoms with Gasteiger partial charge in [0, 0.05) is 42.1 Å². The molecule has 0 amide bonds. The van der Waals surface area contributed by atoms with Crippen molar-refractivity contribution in [3.05, 3.63) is 60.3 Å². The van der Waals surface area contributed by atoms with Crippen molar-refractivity contribution in [1.29, 1.82) is 5.41 Å². The van der Waals surface area contributed by atoms with Crippen LogP contribution in [0.1, 0.15) is 43.9 Å². The number of hydrogen-bond acceptors (Lipinski definition) is 7. The molecule has 30 heavy (non-hydrogen) atoms. The van der Waals surface area contributed by atoms with Gasteiger partial charge in [-0.1, -0.05) is 0 Å². The average Bonchev–Trinajstić information content (AvgIpc) is 3.29. The molecule has 0 bridgehead atoms. The Balaban J connectivity index is 1.50. The molecule has 0 radical (unpaired) electrons. The predicted octanol–water partition coefficient (Wildman–Crippen LogP) is 3.30. The SMILES string of the molecule is CC(C)Oc1ccc(N)c(C(=N)c2ccnc(N3CCC(n4cnnc4)CC3)c2)c1. The van der Waals surface area contributed by atoms with Gasteiger partial charge in [-0.3, -0.25) is 5.41 Å². The highest BCUT2D eigenvalue weighted by molar-refractivity contribution is 6.14. The smallest absolute Gasteiger partial charge is 0.129 e. The second kappa shape index (κ2) is 8.52. The number of ether oxygens (including phenoxy) is 1. The summed E-state index contributed by atoms with van der Waals surface area (Å²) in [4.78, 5) is 6.81. The van der Waals surface area contributed by atoms with Crippen molar-refractivity contribution in [2.45, 2.75) is 38.8 Å².